The molecule has 1 atom stereocenters. The summed E-state index contributed by atoms with van der Waals surface area (Å²) in [5.74, 6) is -0.350. The van der Waals surface area contributed by atoms with E-state index in [0.717, 1.165) is 12.0 Å². The SMILES string of the molecule is Nc1ccc(CC(=O)NC2CCN(c3cccc(OC(F)(F)F)c3)C2)cc1. The van der Waals surface area contributed by atoms with E-state index in [4.69, 9.17) is 5.73 Å². The zero-order valence-corrected chi connectivity index (χ0v) is 14.5. The Balaban J connectivity index is 1.54. The summed E-state index contributed by atoms with van der Waals surface area (Å²) in [4.78, 5) is 14.1. The quantitative estimate of drug-likeness (QED) is 0.784. The maximum Gasteiger partial charge on any atom is 0.573 e. The van der Waals surface area contributed by atoms with Crippen molar-refractivity contribution in [2.24, 2.45) is 0 Å². The first-order valence-electron chi connectivity index (χ1n) is 8.53. The summed E-state index contributed by atoms with van der Waals surface area (Å²) < 4.78 is 41.1. The molecule has 1 heterocycles. The monoisotopic (exact) mass is 379 g/mol. The summed E-state index contributed by atoms with van der Waals surface area (Å²) in [6, 6.07) is 12.9. The average Bonchev–Trinajstić information content (AvgIpc) is 3.04. The second-order valence-electron chi connectivity index (χ2n) is 6.46. The fourth-order valence-corrected chi connectivity index (χ4v) is 3.09. The smallest absolute Gasteiger partial charge is 0.406 e. The normalized spacial score (nSPS) is 17.0. The number of carbonyl (C=O) groups excluding carboxylic acids is 1. The summed E-state index contributed by atoms with van der Waals surface area (Å²) >= 11 is 0. The molecule has 0 saturated carbocycles. The molecule has 1 fully saturated rings. The van der Waals surface area contributed by atoms with Crippen molar-refractivity contribution in [3.63, 3.8) is 0 Å². The Morgan fingerprint density at radius 1 is 1.22 bits per heavy atom. The molecule has 27 heavy (non-hydrogen) atoms. The third-order valence-corrected chi connectivity index (χ3v) is 4.31. The molecule has 1 aliphatic heterocycles. The zero-order chi connectivity index (χ0) is 19.4. The zero-order valence-electron chi connectivity index (χ0n) is 14.5. The minimum atomic E-state index is -4.72. The molecule has 1 amide bonds. The fourth-order valence-electron chi connectivity index (χ4n) is 3.09. The van der Waals surface area contributed by atoms with Gasteiger partial charge in [-0.05, 0) is 36.2 Å². The van der Waals surface area contributed by atoms with Crippen molar-refractivity contribution in [1.82, 2.24) is 5.32 Å². The van der Waals surface area contributed by atoms with E-state index in [1.807, 2.05) is 17.0 Å². The Morgan fingerprint density at radius 3 is 2.67 bits per heavy atom. The molecule has 0 radical (unpaired) electrons. The van der Waals surface area contributed by atoms with Crippen LogP contribution >= 0.6 is 0 Å². The molecule has 144 valence electrons. The molecule has 1 aliphatic rings. The molecular weight excluding hydrogens is 359 g/mol. The van der Waals surface area contributed by atoms with E-state index < -0.39 is 6.36 Å². The molecule has 0 bridgehead atoms. The maximum absolute atomic E-state index is 12.4. The van der Waals surface area contributed by atoms with Crippen LogP contribution in [0.25, 0.3) is 0 Å². The molecule has 3 N–H and O–H groups in total. The van der Waals surface area contributed by atoms with E-state index in [1.54, 1.807) is 18.2 Å². The first-order valence-corrected chi connectivity index (χ1v) is 8.53. The number of rotatable bonds is 5. The molecule has 0 spiro atoms. The summed E-state index contributed by atoms with van der Waals surface area (Å²) in [6.07, 6.45) is -3.74. The number of alkyl halides is 3. The number of hydrogen-bond acceptors (Lipinski definition) is 4. The van der Waals surface area contributed by atoms with Crippen molar-refractivity contribution >= 4 is 17.3 Å². The lowest BCUT2D eigenvalue weighted by Gasteiger charge is -2.20. The van der Waals surface area contributed by atoms with E-state index in [2.05, 4.69) is 10.1 Å². The molecule has 2 aromatic rings. The van der Waals surface area contributed by atoms with Crippen LogP contribution in [0, 0.1) is 0 Å². The Kier molecular flexibility index (Phi) is 5.43. The van der Waals surface area contributed by atoms with Crippen molar-refractivity contribution in [2.75, 3.05) is 23.7 Å². The van der Waals surface area contributed by atoms with Crippen molar-refractivity contribution in [2.45, 2.75) is 25.2 Å². The third-order valence-electron chi connectivity index (χ3n) is 4.31. The topological polar surface area (TPSA) is 67.6 Å². The van der Waals surface area contributed by atoms with Gasteiger partial charge in [-0.1, -0.05) is 18.2 Å². The van der Waals surface area contributed by atoms with Gasteiger partial charge in [0.1, 0.15) is 5.75 Å². The molecule has 3 rings (SSSR count). The number of carbonyl (C=O) groups is 1. The van der Waals surface area contributed by atoms with Gasteiger partial charge in [-0.2, -0.15) is 0 Å². The van der Waals surface area contributed by atoms with Crippen LogP contribution in [0.5, 0.6) is 5.75 Å². The lowest BCUT2D eigenvalue weighted by molar-refractivity contribution is -0.274. The van der Waals surface area contributed by atoms with E-state index in [9.17, 15) is 18.0 Å². The van der Waals surface area contributed by atoms with Crippen LogP contribution in [-0.2, 0) is 11.2 Å². The van der Waals surface area contributed by atoms with Crippen LogP contribution in [0.4, 0.5) is 24.5 Å². The highest BCUT2D eigenvalue weighted by molar-refractivity contribution is 5.79. The Morgan fingerprint density at radius 2 is 1.96 bits per heavy atom. The maximum atomic E-state index is 12.4. The predicted octanol–water partition coefficient (Wildman–Crippen LogP) is 3.11. The molecule has 0 aromatic heterocycles. The first kappa shape index (κ1) is 18.9. The molecule has 5 nitrogen and oxygen atoms in total. The van der Waals surface area contributed by atoms with Crippen LogP contribution in [0.1, 0.15) is 12.0 Å². The van der Waals surface area contributed by atoms with Gasteiger partial charge >= 0.3 is 6.36 Å². The fraction of sp³-hybridized carbons (Fsp3) is 0.316. The second-order valence-corrected chi connectivity index (χ2v) is 6.46. The van der Waals surface area contributed by atoms with E-state index in [0.29, 0.717) is 24.5 Å². The number of nitrogens with two attached hydrogens (primary N) is 1. The molecular formula is C19H20F3N3O2. The second kappa shape index (κ2) is 7.77. The molecule has 8 heteroatoms. The van der Waals surface area contributed by atoms with Gasteiger partial charge in [0.25, 0.3) is 0 Å². The van der Waals surface area contributed by atoms with Crippen LogP contribution in [-0.4, -0.2) is 31.4 Å². The van der Waals surface area contributed by atoms with E-state index in [1.165, 1.54) is 18.2 Å². The number of anilines is 2. The van der Waals surface area contributed by atoms with Crippen molar-refractivity contribution < 1.29 is 22.7 Å². The van der Waals surface area contributed by atoms with Crippen molar-refractivity contribution in [3.8, 4) is 5.75 Å². The molecule has 0 aliphatic carbocycles. The Labute approximate surface area is 154 Å². The van der Waals surface area contributed by atoms with Gasteiger partial charge in [0.2, 0.25) is 5.91 Å². The molecule has 1 saturated heterocycles. The summed E-state index contributed by atoms with van der Waals surface area (Å²) in [5.41, 5.74) is 7.77. The summed E-state index contributed by atoms with van der Waals surface area (Å²) in [7, 11) is 0. The van der Waals surface area contributed by atoms with Gasteiger partial charge in [0.15, 0.2) is 0 Å². The van der Waals surface area contributed by atoms with Gasteiger partial charge in [0, 0.05) is 36.6 Å². The first-order chi connectivity index (χ1) is 12.8. The number of ether oxygens (including phenoxy) is 1. The highest BCUT2D eigenvalue weighted by Gasteiger charge is 2.31. The third kappa shape index (κ3) is 5.54. The van der Waals surface area contributed by atoms with E-state index in [-0.39, 0.29) is 24.1 Å². The lowest BCUT2D eigenvalue weighted by atomic mass is 10.1. The number of nitrogens with zero attached hydrogens (tertiary/aromatic N) is 1. The average molecular weight is 379 g/mol. The van der Waals surface area contributed by atoms with Crippen LogP contribution in [0.2, 0.25) is 0 Å². The van der Waals surface area contributed by atoms with Gasteiger partial charge in [-0.3, -0.25) is 4.79 Å². The number of amides is 1. The standard InChI is InChI=1S/C19H20F3N3O2/c20-19(21,22)27-17-3-1-2-16(11-17)25-9-8-15(12-25)24-18(26)10-13-4-6-14(23)7-5-13/h1-7,11,15H,8-10,12,23H2,(H,24,26). The van der Waals surface area contributed by atoms with Gasteiger partial charge < -0.3 is 20.7 Å². The number of halogens is 3. The van der Waals surface area contributed by atoms with Crippen molar-refractivity contribution in [3.05, 3.63) is 54.1 Å². The summed E-state index contributed by atoms with van der Waals surface area (Å²) in [5, 5.41) is 2.97. The predicted molar refractivity (Wildman–Crippen MR) is 96.4 cm³/mol. The van der Waals surface area contributed by atoms with Crippen LogP contribution in [0.3, 0.4) is 0 Å². The number of nitrogens with one attached hydrogen (secondary N) is 1. The number of hydrogen-bond donors (Lipinski definition) is 2. The van der Waals surface area contributed by atoms with Crippen LogP contribution < -0.4 is 20.7 Å². The molecule has 2 aromatic carbocycles. The number of nitrogen functional groups attached to an aromatic ring is 1. The van der Waals surface area contributed by atoms with Crippen LogP contribution in [0.15, 0.2) is 48.5 Å². The highest BCUT2D eigenvalue weighted by Crippen LogP contribution is 2.28. The minimum absolute atomic E-state index is 0.0570. The van der Waals surface area contributed by atoms with Gasteiger partial charge in [-0.15, -0.1) is 13.2 Å². The van der Waals surface area contributed by atoms with E-state index >= 15 is 0 Å². The number of benzene rings is 2. The van der Waals surface area contributed by atoms with Gasteiger partial charge in [-0.25, -0.2) is 0 Å². The highest BCUT2D eigenvalue weighted by atomic mass is 19.4. The minimum Gasteiger partial charge on any atom is -0.406 e. The van der Waals surface area contributed by atoms with Gasteiger partial charge in [0.05, 0.1) is 6.42 Å². The molecule has 1 unspecified atom stereocenters. The Bertz CT molecular complexity index is 794. The summed E-state index contributed by atoms with van der Waals surface area (Å²) in [6.45, 7) is 1.17. The van der Waals surface area contributed by atoms with Crippen molar-refractivity contribution in [1.29, 1.82) is 0 Å². The largest absolute Gasteiger partial charge is 0.573 e. The Hall–Kier alpha value is -2.90. The lowest BCUT2D eigenvalue weighted by Crippen LogP contribution is -2.38.